The minimum absolute atomic E-state index is 0.0810. The monoisotopic (exact) mass is 291 g/mol. The number of hydrogen-bond acceptors (Lipinski definition) is 6. The van der Waals surface area contributed by atoms with Crippen LogP contribution in [-0.2, 0) is 19.1 Å². The van der Waals surface area contributed by atoms with Gasteiger partial charge < -0.3 is 9.47 Å². The lowest BCUT2D eigenvalue weighted by molar-refractivity contribution is -0.385. The number of carbonyl (C=O) groups is 2. The predicted molar refractivity (Wildman–Crippen MR) is 74.2 cm³/mol. The van der Waals surface area contributed by atoms with Gasteiger partial charge in [0.25, 0.3) is 5.69 Å². The Bertz CT molecular complexity index is 618. The van der Waals surface area contributed by atoms with E-state index in [1.54, 1.807) is 6.07 Å². The van der Waals surface area contributed by atoms with Crippen LogP contribution >= 0.6 is 0 Å². The van der Waals surface area contributed by atoms with Gasteiger partial charge in [-0.15, -0.1) is 0 Å². The number of para-hydroxylation sites is 1. The second-order valence-electron chi connectivity index (χ2n) is 3.76. The van der Waals surface area contributed by atoms with Crippen LogP contribution in [-0.4, -0.2) is 31.1 Å². The Kier molecular flexibility index (Phi) is 5.81. The molecule has 1 aromatic carbocycles. The highest BCUT2D eigenvalue weighted by molar-refractivity contribution is 5.99. The lowest BCUT2D eigenvalue weighted by atomic mass is 10.1. The van der Waals surface area contributed by atoms with Crippen molar-refractivity contribution in [3.63, 3.8) is 0 Å². The molecule has 0 aliphatic rings. The number of benzene rings is 1. The van der Waals surface area contributed by atoms with Gasteiger partial charge in [0.05, 0.1) is 30.3 Å². The highest BCUT2D eigenvalue weighted by atomic mass is 16.6. The molecule has 110 valence electrons. The summed E-state index contributed by atoms with van der Waals surface area (Å²) in [5, 5.41) is 10.9. The molecule has 0 aliphatic carbocycles. The van der Waals surface area contributed by atoms with Gasteiger partial charge in [0.15, 0.2) is 0 Å². The number of rotatable bonds is 5. The smallest absolute Gasteiger partial charge is 0.338 e. The summed E-state index contributed by atoms with van der Waals surface area (Å²) in [4.78, 5) is 33.0. The predicted octanol–water partition coefficient (Wildman–Crippen LogP) is 1.88. The van der Waals surface area contributed by atoms with Crippen LogP contribution in [0.15, 0.2) is 42.0 Å². The molecule has 0 aliphatic heterocycles. The number of methoxy groups -OCH3 is 2. The molecule has 7 nitrogen and oxygen atoms in total. The van der Waals surface area contributed by atoms with Crippen molar-refractivity contribution in [1.82, 2.24) is 0 Å². The molecule has 7 heteroatoms. The maximum absolute atomic E-state index is 11.5. The van der Waals surface area contributed by atoms with Crippen LogP contribution in [0.2, 0.25) is 0 Å². The second kappa shape index (κ2) is 7.59. The van der Waals surface area contributed by atoms with Gasteiger partial charge in [-0.2, -0.15) is 0 Å². The van der Waals surface area contributed by atoms with Crippen LogP contribution in [0.25, 0.3) is 6.08 Å². The molecule has 0 radical (unpaired) electrons. The molecule has 0 N–H and O–H groups in total. The summed E-state index contributed by atoms with van der Waals surface area (Å²) >= 11 is 0. The summed E-state index contributed by atoms with van der Waals surface area (Å²) in [6.45, 7) is 0. The van der Waals surface area contributed by atoms with Crippen molar-refractivity contribution in [2.75, 3.05) is 14.2 Å². The number of nitrogens with zero attached hydrogens (tertiary/aromatic N) is 1. The van der Waals surface area contributed by atoms with Crippen molar-refractivity contribution < 1.29 is 24.0 Å². The topological polar surface area (TPSA) is 95.7 Å². The Balaban J connectivity index is 3.15. The van der Waals surface area contributed by atoms with E-state index in [4.69, 9.17) is 0 Å². The van der Waals surface area contributed by atoms with E-state index in [0.29, 0.717) is 5.56 Å². The zero-order valence-corrected chi connectivity index (χ0v) is 11.4. The lowest BCUT2D eigenvalue weighted by Gasteiger charge is -2.00. The minimum atomic E-state index is -0.754. The normalized spacial score (nSPS) is 11.2. The average molecular weight is 291 g/mol. The number of nitro groups is 1. The summed E-state index contributed by atoms with van der Waals surface area (Å²) < 4.78 is 8.95. The Hall–Kier alpha value is -2.96. The first-order chi connectivity index (χ1) is 9.99. The van der Waals surface area contributed by atoms with E-state index >= 15 is 0 Å². The van der Waals surface area contributed by atoms with E-state index in [2.05, 4.69) is 9.47 Å². The van der Waals surface area contributed by atoms with E-state index in [1.165, 1.54) is 37.5 Å². The Labute approximate surface area is 120 Å². The fraction of sp³-hybridized carbons (Fsp3) is 0.143. The molecule has 0 fully saturated rings. The molecular formula is C14H13NO6. The number of esters is 2. The van der Waals surface area contributed by atoms with Gasteiger partial charge in [-0.1, -0.05) is 12.1 Å². The first-order valence-electron chi connectivity index (χ1n) is 5.79. The SMILES string of the molecule is COC(=O)/C=C(/C=Cc1ccccc1[N+](=O)[O-])C(=O)OC. The quantitative estimate of drug-likeness (QED) is 0.270. The molecule has 0 heterocycles. The molecular weight excluding hydrogens is 278 g/mol. The van der Waals surface area contributed by atoms with E-state index < -0.39 is 16.9 Å². The van der Waals surface area contributed by atoms with Crippen LogP contribution in [0.5, 0.6) is 0 Å². The highest BCUT2D eigenvalue weighted by Crippen LogP contribution is 2.19. The molecule has 21 heavy (non-hydrogen) atoms. The molecule has 0 unspecified atom stereocenters. The highest BCUT2D eigenvalue weighted by Gasteiger charge is 2.12. The molecule has 0 saturated heterocycles. The first-order valence-corrected chi connectivity index (χ1v) is 5.79. The third-order valence-electron chi connectivity index (χ3n) is 2.47. The van der Waals surface area contributed by atoms with Crippen LogP contribution in [0.4, 0.5) is 5.69 Å². The van der Waals surface area contributed by atoms with E-state index in [9.17, 15) is 19.7 Å². The molecule has 0 amide bonds. The van der Waals surface area contributed by atoms with Crippen molar-refractivity contribution in [2.45, 2.75) is 0 Å². The molecule has 0 bridgehead atoms. The van der Waals surface area contributed by atoms with E-state index in [0.717, 1.165) is 13.2 Å². The minimum Gasteiger partial charge on any atom is -0.466 e. The third-order valence-corrected chi connectivity index (χ3v) is 2.47. The van der Waals surface area contributed by atoms with Gasteiger partial charge in [0.1, 0.15) is 0 Å². The van der Waals surface area contributed by atoms with Gasteiger partial charge in [-0.05, 0) is 18.2 Å². The number of carbonyl (C=O) groups excluding carboxylic acids is 2. The summed E-state index contributed by atoms with van der Waals surface area (Å²) in [6, 6.07) is 6.00. The maximum atomic E-state index is 11.5. The Morgan fingerprint density at radius 2 is 1.86 bits per heavy atom. The Morgan fingerprint density at radius 3 is 2.43 bits per heavy atom. The summed E-state index contributed by atoms with van der Waals surface area (Å²) in [5.74, 6) is -1.49. The van der Waals surface area contributed by atoms with Crippen molar-refractivity contribution >= 4 is 23.7 Å². The molecule has 0 atom stereocenters. The first kappa shape index (κ1) is 16.1. The van der Waals surface area contributed by atoms with Crippen molar-refractivity contribution in [3.05, 3.63) is 57.7 Å². The molecule has 1 aromatic rings. The van der Waals surface area contributed by atoms with Crippen molar-refractivity contribution in [2.24, 2.45) is 0 Å². The number of nitro benzene ring substituents is 1. The van der Waals surface area contributed by atoms with Crippen molar-refractivity contribution in [1.29, 1.82) is 0 Å². The van der Waals surface area contributed by atoms with E-state index in [1.807, 2.05) is 0 Å². The van der Waals surface area contributed by atoms with Gasteiger partial charge in [0.2, 0.25) is 0 Å². The van der Waals surface area contributed by atoms with Gasteiger partial charge in [0, 0.05) is 12.1 Å². The van der Waals surface area contributed by atoms with E-state index in [-0.39, 0.29) is 11.3 Å². The third kappa shape index (κ3) is 4.57. The van der Waals surface area contributed by atoms with Crippen LogP contribution < -0.4 is 0 Å². The second-order valence-corrected chi connectivity index (χ2v) is 3.76. The van der Waals surface area contributed by atoms with Gasteiger partial charge in [-0.25, -0.2) is 9.59 Å². The summed E-state index contributed by atoms with van der Waals surface area (Å²) in [7, 11) is 2.33. The standard InChI is InChI=1S/C14H13NO6/c1-20-13(16)9-11(14(17)21-2)8-7-10-5-3-4-6-12(10)15(18)19/h3-9H,1-2H3/b8-7?,11-9-. The molecule has 0 aromatic heterocycles. The van der Waals surface area contributed by atoms with Crippen molar-refractivity contribution in [3.8, 4) is 0 Å². The fourth-order valence-corrected chi connectivity index (χ4v) is 1.45. The summed E-state index contributed by atoms with van der Waals surface area (Å²) in [5.41, 5.74) is 0.0979. The zero-order valence-electron chi connectivity index (χ0n) is 11.4. The van der Waals surface area contributed by atoms with Crippen LogP contribution in [0.3, 0.4) is 0 Å². The zero-order chi connectivity index (χ0) is 15.8. The maximum Gasteiger partial charge on any atom is 0.338 e. The van der Waals surface area contributed by atoms with Gasteiger partial charge in [-0.3, -0.25) is 10.1 Å². The molecule has 0 saturated carbocycles. The van der Waals surface area contributed by atoms with Crippen LogP contribution in [0.1, 0.15) is 5.56 Å². The Morgan fingerprint density at radius 1 is 1.19 bits per heavy atom. The molecule has 1 rings (SSSR count). The van der Waals surface area contributed by atoms with Crippen LogP contribution in [0, 0.1) is 10.1 Å². The lowest BCUT2D eigenvalue weighted by Crippen LogP contribution is -2.06. The summed E-state index contributed by atoms with van der Waals surface area (Å²) in [6.07, 6.45) is 3.55. The average Bonchev–Trinajstić information content (AvgIpc) is 2.50. The largest absolute Gasteiger partial charge is 0.466 e. The van der Waals surface area contributed by atoms with Gasteiger partial charge >= 0.3 is 11.9 Å². The molecule has 0 spiro atoms. The fourth-order valence-electron chi connectivity index (χ4n) is 1.45. The number of ether oxygens (including phenoxy) is 2. The number of hydrogen-bond donors (Lipinski definition) is 0.